The molecule has 1 aromatic rings. The number of hydrogen-bond donors (Lipinski definition) is 2. The minimum atomic E-state index is -0.625. The highest BCUT2D eigenvalue weighted by atomic mass is 16.4. The molecule has 3 atom stereocenters. The summed E-state index contributed by atoms with van der Waals surface area (Å²) >= 11 is 0. The molecule has 0 bridgehead atoms. The lowest BCUT2D eigenvalue weighted by molar-refractivity contribution is -0.143. The topological polar surface area (TPSA) is 49.3 Å². The highest BCUT2D eigenvalue weighted by Crippen LogP contribution is 2.34. The van der Waals surface area contributed by atoms with Crippen molar-refractivity contribution in [3.05, 3.63) is 35.4 Å². The van der Waals surface area contributed by atoms with Gasteiger partial charge in [-0.15, -0.1) is 0 Å². The predicted octanol–water partition coefficient (Wildman–Crippen LogP) is 2.56. The van der Waals surface area contributed by atoms with E-state index in [9.17, 15) is 4.79 Å². The Morgan fingerprint density at radius 3 is 2.95 bits per heavy atom. The standard InChI is InChI=1S/C16H21NO2/c18-16(19)12-5-3-6-14(9-12)17-10-13-8-11-4-1-2-7-15(11)13/h1-2,4,7,12-14,17H,3,5-6,8-10H2,(H,18,19). The Morgan fingerprint density at radius 2 is 2.16 bits per heavy atom. The quantitative estimate of drug-likeness (QED) is 0.873. The number of benzene rings is 1. The summed E-state index contributed by atoms with van der Waals surface area (Å²) in [6, 6.07) is 9.01. The van der Waals surface area contributed by atoms with Gasteiger partial charge in [-0.3, -0.25) is 4.79 Å². The summed E-state index contributed by atoms with van der Waals surface area (Å²) < 4.78 is 0. The van der Waals surface area contributed by atoms with Crippen LogP contribution in [0.1, 0.15) is 42.7 Å². The Labute approximate surface area is 114 Å². The molecule has 2 aliphatic rings. The number of hydrogen-bond acceptors (Lipinski definition) is 2. The van der Waals surface area contributed by atoms with Gasteiger partial charge in [0.15, 0.2) is 0 Å². The molecular weight excluding hydrogens is 238 g/mol. The molecule has 1 fully saturated rings. The van der Waals surface area contributed by atoms with Crippen molar-refractivity contribution >= 4 is 5.97 Å². The molecular formula is C16H21NO2. The van der Waals surface area contributed by atoms with Crippen molar-refractivity contribution in [2.75, 3.05) is 6.54 Å². The molecule has 1 aromatic carbocycles. The lowest BCUT2D eigenvalue weighted by atomic mass is 9.77. The van der Waals surface area contributed by atoms with Gasteiger partial charge < -0.3 is 10.4 Å². The number of aliphatic carboxylic acids is 1. The summed E-state index contributed by atoms with van der Waals surface area (Å²) in [4.78, 5) is 11.0. The van der Waals surface area contributed by atoms with Crippen LogP contribution in [-0.2, 0) is 11.2 Å². The average molecular weight is 259 g/mol. The van der Waals surface area contributed by atoms with Gasteiger partial charge in [-0.25, -0.2) is 0 Å². The van der Waals surface area contributed by atoms with E-state index < -0.39 is 5.97 Å². The van der Waals surface area contributed by atoms with E-state index in [1.165, 1.54) is 11.1 Å². The van der Waals surface area contributed by atoms with E-state index in [1.807, 2.05) is 0 Å². The minimum Gasteiger partial charge on any atom is -0.481 e. The van der Waals surface area contributed by atoms with E-state index >= 15 is 0 Å². The zero-order valence-corrected chi connectivity index (χ0v) is 11.1. The molecule has 3 rings (SSSR count). The van der Waals surface area contributed by atoms with E-state index in [1.54, 1.807) is 0 Å². The molecule has 3 unspecified atom stereocenters. The van der Waals surface area contributed by atoms with Crippen LogP contribution in [0.5, 0.6) is 0 Å². The second kappa shape index (κ2) is 5.33. The summed E-state index contributed by atoms with van der Waals surface area (Å²) in [6.45, 7) is 0.994. The average Bonchev–Trinajstić information content (AvgIpc) is 2.40. The zero-order chi connectivity index (χ0) is 13.2. The van der Waals surface area contributed by atoms with Crippen LogP contribution in [-0.4, -0.2) is 23.7 Å². The second-order valence-electron chi connectivity index (χ2n) is 5.91. The van der Waals surface area contributed by atoms with Crippen molar-refractivity contribution in [3.8, 4) is 0 Å². The largest absolute Gasteiger partial charge is 0.481 e. The highest BCUT2D eigenvalue weighted by molar-refractivity contribution is 5.70. The van der Waals surface area contributed by atoms with E-state index in [2.05, 4.69) is 29.6 Å². The van der Waals surface area contributed by atoms with Crippen molar-refractivity contribution < 1.29 is 9.90 Å². The molecule has 102 valence electrons. The molecule has 0 radical (unpaired) electrons. The van der Waals surface area contributed by atoms with Gasteiger partial charge in [-0.05, 0) is 36.8 Å². The number of carboxylic acid groups (broad SMARTS) is 1. The van der Waals surface area contributed by atoms with Gasteiger partial charge in [0.05, 0.1) is 5.92 Å². The van der Waals surface area contributed by atoms with Gasteiger partial charge in [0.25, 0.3) is 0 Å². The zero-order valence-electron chi connectivity index (χ0n) is 11.1. The fraction of sp³-hybridized carbons (Fsp3) is 0.562. The fourth-order valence-corrected chi connectivity index (χ4v) is 3.45. The molecule has 0 spiro atoms. The Morgan fingerprint density at radius 1 is 1.32 bits per heavy atom. The molecule has 2 aliphatic carbocycles. The first kappa shape index (κ1) is 12.7. The predicted molar refractivity (Wildman–Crippen MR) is 74.3 cm³/mol. The molecule has 0 heterocycles. The fourth-order valence-electron chi connectivity index (χ4n) is 3.45. The minimum absolute atomic E-state index is 0.139. The SMILES string of the molecule is O=C(O)C1CCCC(NCC2Cc3ccccc32)C1. The number of nitrogens with one attached hydrogen (secondary N) is 1. The van der Waals surface area contributed by atoms with Gasteiger partial charge in [0, 0.05) is 18.5 Å². The third-order valence-electron chi connectivity index (χ3n) is 4.64. The van der Waals surface area contributed by atoms with E-state index in [0.717, 1.165) is 38.6 Å². The maximum atomic E-state index is 11.0. The van der Waals surface area contributed by atoms with Crippen molar-refractivity contribution in [3.63, 3.8) is 0 Å². The van der Waals surface area contributed by atoms with Crippen molar-refractivity contribution in [2.45, 2.75) is 44.1 Å². The van der Waals surface area contributed by atoms with Crippen LogP contribution in [0.15, 0.2) is 24.3 Å². The molecule has 0 saturated heterocycles. The summed E-state index contributed by atoms with van der Waals surface area (Å²) in [6.07, 6.45) is 4.97. The Hall–Kier alpha value is -1.35. The number of rotatable bonds is 4. The van der Waals surface area contributed by atoms with Crippen molar-refractivity contribution in [1.82, 2.24) is 5.32 Å². The Balaban J connectivity index is 1.50. The van der Waals surface area contributed by atoms with E-state index in [-0.39, 0.29) is 5.92 Å². The molecule has 2 N–H and O–H groups in total. The number of fused-ring (bicyclic) bond motifs is 1. The van der Waals surface area contributed by atoms with Gasteiger partial charge in [0.1, 0.15) is 0 Å². The second-order valence-corrected chi connectivity index (χ2v) is 5.91. The lowest BCUT2D eigenvalue weighted by Crippen LogP contribution is -2.40. The molecule has 1 saturated carbocycles. The van der Waals surface area contributed by atoms with Crippen LogP contribution < -0.4 is 5.32 Å². The normalized spacial score (nSPS) is 29.4. The third kappa shape index (κ3) is 2.66. The smallest absolute Gasteiger partial charge is 0.306 e. The number of carboxylic acids is 1. The van der Waals surface area contributed by atoms with Crippen LogP contribution >= 0.6 is 0 Å². The van der Waals surface area contributed by atoms with Crippen LogP contribution in [0.4, 0.5) is 0 Å². The maximum Gasteiger partial charge on any atom is 0.306 e. The Kier molecular flexibility index (Phi) is 3.56. The molecule has 0 amide bonds. The van der Waals surface area contributed by atoms with E-state index in [4.69, 9.17) is 5.11 Å². The van der Waals surface area contributed by atoms with Gasteiger partial charge in [-0.2, -0.15) is 0 Å². The first-order chi connectivity index (χ1) is 9.24. The first-order valence-corrected chi connectivity index (χ1v) is 7.28. The van der Waals surface area contributed by atoms with Gasteiger partial charge >= 0.3 is 5.97 Å². The monoisotopic (exact) mass is 259 g/mol. The number of carbonyl (C=O) groups is 1. The molecule has 19 heavy (non-hydrogen) atoms. The molecule has 3 heteroatoms. The van der Waals surface area contributed by atoms with Crippen LogP contribution in [0.2, 0.25) is 0 Å². The summed E-state index contributed by atoms with van der Waals surface area (Å²) in [7, 11) is 0. The van der Waals surface area contributed by atoms with Crippen molar-refractivity contribution in [2.24, 2.45) is 5.92 Å². The first-order valence-electron chi connectivity index (χ1n) is 7.28. The summed E-state index contributed by atoms with van der Waals surface area (Å²) in [5.74, 6) is -0.137. The van der Waals surface area contributed by atoms with Crippen LogP contribution in [0.25, 0.3) is 0 Å². The van der Waals surface area contributed by atoms with Crippen molar-refractivity contribution in [1.29, 1.82) is 0 Å². The summed E-state index contributed by atoms with van der Waals surface area (Å²) in [5, 5.41) is 12.7. The van der Waals surface area contributed by atoms with Crippen LogP contribution in [0, 0.1) is 5.92 Å². The summed E-state index contributed by atoms with van der Waals surface area (Å²) in [5.41, 5.74) is 2.95. The molecule has 3 nitrogen and oxygen atoms in total. The molecule has 0 aliphatic heterocycles. The maximum absolute atomic E-state index is 11.0. The van der Waals surface area contributed by atoms with Gasteiger partial charge in [0.2, 0.25) is 0 Å². The molecule has 0 aromatic heterocycles. The van der Waals surface area contributed by atoms with Crippen LogP contribution in [0.3, 0.4) is 0 Å². The van der Waals surface area contributed by atoms with E-state index in [0.29, 0.717) is 12.0 Å². The third-order valence-corrected chi connectivity index (χ3v) is 4.64. The lowest BCUT2D eigenvalue weighted by Gasteiger charge is -2.34. The highest BCUT2D eigenvalue weighted by Gasteiger charge is 2.29. The Bertz CT molecular complexity index is 472. The van der Waals surface area contributed by atoms with Gasteiger partial charge in [-0.1, -0.05) is 30.7 Å².